The van der Waals surface area contributed by atoms with E-state index in [4.69, 9.17) is 10.2 Å². The molecule has 108 valence electrons. The Balaban J connectivity index is 2.18. The molecular weight excluding hydrogens is 236 g/mol. The molecule has 3 nitrogen and oxygen atoms in total. The van der Waals surface area contributed by atoms with E-state index in [9.17, 15) is 0 Å². The molecule has 0 aliphatic heterocycles. The minimum atomic E-state index is 0.140. The summed E-state index contributed by atoms with van der Waals surface area (Å²) in [6.45, 7) is 8.44. The molecule has 0 saturated heterocycles. The lowest BCUT2D eigenvalue weighted by Gasteiger charge is -2.51. The number of likely N-dealkylation sites (N-methyl/N-ethyl adjacent to an activating group) is 1. The van der Waals surface area contributed by atoms with Crippen LogP contribution in [0.25, 0.3) is 0 Å². The zero-order valence-corrected chi connectivity index (χ0v) is 12.8. The highest BCUT2D eigenvalue weighted by Crippen LogP contribution is 2.41. The number of hydrogen-bond acceptors (Lipinski definition) is 3. The summed E-state index contributed by atoms with van der Waals surface area (Å²) in [5.74, 6) is 2.42. The van der Waals surface area contributed by atoms with Crippen LogP contribution in [0.15, 0.2) is 16.7 Å². The minimum Gasteiger partial charge on any atom is -0.469 e. The van der Waals surface area contributed by atoms with Crippen molar-refractivity contribution >= 4 is 0 Å². The molecule has 3 unspecified atom stereocenters. The number of nitrogens with zero attached hydrogens (tertiary/aromatic N) is 1. The normalized spacial score (nSPS) is 31.9. The molecule has 1 aromatic rings. The number of hydrogen-bond donors (Lipinski definition) is 1. The van der Waals surface area contributed by atoms with Crippen LogP contribution in [0.2, 0.25) is 0 Å². The second-order valence-corrected chi connectivity index (χ2v) is 6.32. The first-order valence-corrected chi connectivity index (χ1v) is 7.45. The van der Waals surface area contributed by atoms with Crippen molar-refractivity contribution in [1.82, 2.24) is 4.90 Å². The molecule has 0 bridgehead atoms. The number of nitrogens with two attached hydrogens (primary N) is 1. The Morgan fingerprint density at radius 3 is 2.79 bits per heavy atom. The van der Waals surface area contributed by atoms with Gasteiger partial charge in [-0.25, -0.2) is 0 Å². The van der Waals surface area contributed by atoms with Crippen LogP contribution in [0.5, 0.6) is 0 Å². The monoisotopic (exact) mass is 264 g/mol. The first kappa shape index (κ1) is 14.6. The van der Waals surface area contributed by atoms with Crippen LogP contribution in [-0.4, -0.2) is 24.0 Å². The van der Waals surface area contributed by atoms with Crippen LogP contribution >= 0.6 is 0 Å². The zero-order valence-electron chi connectivity index (χ0n) is 12.8. The SMILES string of the molecule is Cc1occc1CN(C)C1(CN)CCCC(C)C1C. The maximum atomic E-state index is 6.19. The van der Waals surface area contributed by atoms with Crippen LogP contribution in [0.1, 0.15) is 44.4 Å². The molecule has 0 radical (unpaired) electrons. The first-order valence-electron chi connectivity index (χ1n) is 7.45. The fraction of sp³-hybridized carbons (Fsp3) is 0.750. The van der Waals surface area contributed by atoms with Gasteiger partial charge in [0.15, 0.2) is 0 Å². The van der Waals surface area contributed by atoms with Gasteiger partial charge in [-0.05, 0) is 38.3 Å². The molecule has 1 heterocycles. The van der Waals surface area contributed by atoms with Gasteiger partial charge >= 0.3 is 0 Å². The Kier molecular flexibility index (Phi) is 4.36. The van der Waals surface area contributed by atoms with Crippen LogP contribution in [0, 0.1) is 18.8 Å². The fourth-order valence-electron chi connectivity index (χ4n) is 3.71. The highest BCUT2D eigenvalue weighted by atomic mass is 16.3. The summed E-state index contributed by atoms with van der Waals surface area (Å²) < 4.78 is 5.41. The number of rotatable bonds is 4. The average Bonchev–Trinajstić information content (AvgIpc) is 2.79. The molecule has 1 saturated carbocycles. The quantitative estimate of drug-likeness (QED) is 0.908. The van der Waals surface area contributed by atoms with Crippen molar-refractivity contribution in [1.29, 1.82) is 0 Å². The maximum absolute atomic E-state index is 6.19. The standard InChI is InChI=1S/C16H28N2O/c1-12-6-5-8-16(11-17,13(12)2)18(4)10-15-7-9-19-14(15)3/h7,9,12-13H,5-6,8,10-11,17H2,1-4H3. The first-order chi connectivity index (χ1) is 9.01. The molecule has 2 N–H and O–H groups in total. The smallest absolute Gasteiger partial charge is 0.105 e. The van der Waals surface area contributed by atoms with E-state index in [0.717, 1.165) is 24.8 Å². The topological polar surface area (TPSA) is 42.4 Å². The summed E-state index contributed by atoms with van der Waals surface area (Å²) in [4.78, 5) is 2.46. The average molecular weight is 264 g/mol. The van der Waals surface area contributed by atoms with Crippen molar-refractivity contribution in [3.05, 3.63) is 23.7 Å². The highest BCUT2D eigenvalue weighted by Gasteiger charge is 2.43. The Labute approximate surface area is 117 Å². The summed E-state index contributed by atoms with van der Waals surface area (Å²) in [5, 5.41) is 0. The van der Waals surface area contributed by atoms with Gasteiger partial charge in [-0.3, -0.25) is 4.90 Å². The van der Waals surface area contributed by atoms with Gasteiger partial charge in [0.2, 0.25) is 0 Å². The molecule has 1 aromatic heterocycles. The van der Waals surface area contributed by atoms with Crippen LogP contribution < -0.4 is 5.73 Å². The lowest BCUT2D eigenvalue weighted by atomic mass is 9.67. The molecule has 0 aromatic carbocycles. The van der Waals surface area contributed by atoms with Crippen LogP contribution in [-0.2, 0) is 6.54 Å². The maximum Gasteiger partial charge on any atom is 0.105 e. The van der Waals surface area contributed by atoms with Crippen LogP contribution in [0.4, 0.5) is 0 Å². The van der Waals surface area contributed by atoms with E-state index in [-0.39, 0.29) is 5.54 Å². The van der Waals surface area contributed by atoms with Gasteiger partial charge in [-0.1, -0.05) is 26.7 Å². The molecule has 19 heavy (non-hydrogen) atoms. The zero-order chi connectivity index (χ0) is 14.0. The van der Waals surface area contributed by atoms with Crippen molar-refractivity contribution in [2.45, 2.75) is 52.1 Å². The molecule has 3 heteroatoms. The summed E-state index contributed by atoms with van der Waals surface area (Å²) in [5.41, 5.74) is 7.61. The van der Waals surface area contributed by atoms with E-state index in [1.165, 1.54) is 24.8 Å². The van der Waals surface area contributed by atoms with Crippen LogP contribution in [0.3, 0.4) is 0 Å². The second kappa shape index (κ2) is 5.68. The van der Waals surface area contributed by atoms with Crippen molar-refractivity contribution < 1.29 is 4.42 Å². The van der Waals surface area contributed by atoms with E-state index < -0.39 is 0 Å². The summed E-state index contributed by atoms with van der Waals surface area (Å²) in [6.07, 6.45) is 5.61. The summed E-state index contributed by atoms with van der Waals surface area (Å²) in [6, 6.07) is 2.08. The largest absolute Gasteiger partial charge is 0.469 e. The third-order valence-corrected chi connectivity index (χ3v) is 5.46. The molecule has 0 spiro atoms. The van der Waals surface area contributed by atoms with Gasteiger partial charge in [0.05, 0.1) is 6.26 Å². The van der Waals surface area contributed by atoms with Crippen molar-refractivity contribution in [2.75, 3.05) is 13.6 Å². The van der Waals surface area contributed by atoms with Gasteiger partial charge in [-0.2, -0.15) is 0 Å². The summed E-state index contributed by atoms with van der Waals surface area (Å²) >= 11 is 0. The van der Waals surface area contributed by atoms with Gasteiger partial charge in [0.1, 0.15) is 5.76 Å². The molecule has 1 fully saturated rings. The van der Waals surface area contributed by atoms with Gasteiger partial charge in [0.25, 0.3) is 0 Å². The Morgan fingerprint density at radius 2 is 2.21 bits per heavy atom. The number of furan rings is 1. The molecule has 1 aliphatic rings. The van der Waals surface area contributed by atoms with E-state index >= 15 is 0 Å². The summed E-state index contributed by atoms with van der Waals surface area (Å²) in [7, 11) is 2.22. The molecule has 0 amide bonds. The third kappa shape index (κ3) is 2.59. The van der Waals surface area contributed by atoms with Crippen molar-refractivity contribution in [3.63, 3.8) is 0 Å². The third-order valence-electron chi connectivity index (χ3n) is 5.46. The molecule has 3 atom stereocenters. The van der Waals surface area contributed by atoms with E-state index in [1.807, 2.05) is 6.92 Å². The molecule has 2 rings (SSSR count). The fourth-order valence-corrected chi connectivity index (χ4v) is 3.71. The van der Waals surface area contributed by atoms with Crippen molar-refractivity contribution in [2.24, 2.45) is 17.6 Å². The predicted molar refractivity (Wildman–Crippen MR) is 78.9 cm³/mol. The highest BCUT2D eigenvalue weighted by molar-refractivity contribution is 5.16. The predicted octanol–water partition coefficient (Wildman–Crippen LogP) is 3.17. The Morgan fingerprint density at radius 1 is 1.47 bits per heavy atom. The second-order valence-electron chi connectivity index (χ2n) is 6.32. The minimum absolute atomic E-state index is 0.140. The lowest BCUT2D eigenvalue weighted by molar-refractivity contribution is 0.00116. The van der Waals surface area contributed by atoms with Gasteiger partial charge in [-0.15, -0.1) is 0 Å². The number of aryl methyl sites for hydroxylation is 1. The lowest BCUT2D eigenvalue weighted by Crippen LogP contribution is -2.59. The Bertz CT molecular complexity index is 415. The van der Waals surface area contributed by atoms with Crippen molar-refractivity contribution in [3.8, 4) is 0 Å². The molecular formula is C16H28N2O. The van der Waals surface area contributed by atoms with Gasteiger partial charge in [0, 0.05) is 24.2 Å². The van der Waals surface area contributed by atoms with E-state index in [2.05, 4.69) is 31.9 Å². The van der Waals surface area contributed by atoms with E-state index in [0.29, 0.717) is 5.92 Å². The van der Waals surface area contributed by atoms with E-state index in [1.54, 1.807) is 6.26 Å². The Hall–Kier alpha value is -0.800. The molecule has 1 aliphatic carbocycles. The van der Waals surface area contributed by atoms with Gasteiger partial charge < -0.3 is 10.2 Å².